The quantitative estimate of drug-likeness (QED) is 0.272. The highest BCUT2D eigenvalue weighted by Crippen LogP contribution is 2.41. The van der Waals surface area contributed by atoms with Crippen molar-refractivity contribution in [3.8, 4) is 17.1 Å². The Morgan fingerprint density at radius 3 is 2.67 bits per heavy atom. The van der Waals surface area contributed by atoms with E-state index >= 15 is 0 Å². The maximum Gasteiger partial charge on any atom is 0.337 e. The minimum Gasteiger partial charge on any atom is -0.497 e. The first-order chi connectivity index (χ1) is 20.4. The Morgan fingerprint density at radius 1 is 1.10 bits per heavy atom. The fourth-order valence-electron chi connectivity index (χ4n) is 5.67. The molecule has 0 fully saturated rings. The number of carboxylic acid groups (broad SMARTS) is 1. The number of fused-ring (bicyclic) bond motifs is 3. The SMILES string of the molecule is COc1ccc(C2C3=C(N=c4sc(=Cc5ccc(-c6ccc(C(=O)O)c(Cl)c6)o5)c(=O)n42)c2ccccc2CC3)cc1. The van der Waals surface area contributed by atoms with Crippen molar-refractivity contribution in [2.24, 2.45) is 4.99 Å². The van der Waals surface area contributed by atoms with Crippen LogP contribution in [0, 0.1) is 0 Å². The normalized spacial score (nSPS) is 16.0. The van der Waals surface area contributed by atoms with Crippen LogP contribution in [0.25, 0.3) is 23.1 Å². The van der Waals surface area contributed by atoms with Crippen LogP contribution in [0.4, 0.5) is 0 Å². The van der Waals surface area contributed by atoms with Gasteiger partial charge in [0, 0.05) is 17.2 Å². The number of aromatic carboxylic acids is 1. The van der Waals surface area contributed by atoms with E-state index in [1.54, 1.807) is 42.0 Å². The number of allylic oxidation sites excluding steroid dienone is 1. The van der Waals surface area contributed by atoms with E-state index < -0.39 is 5.97 Å². The van der Waals surface area contributed by atoms with Crippen molar-refractivity contribution in [2.45, 2.75) is 18.9 Å². The highest BCUT2D eigenvalue weighted by Gasteiger charge is 2.32. The molecule has 0 radical (unpaired) electrons. The lowest BCUT2D eigenvalue weighted by Crippen LogP contribution is -2.38. The van der Waals surface area contributed by atoms with Crippen LogP contribution in [-0.4, -0.2) is 22.8 Å². The summed E-state index contributed by atoms with van der Waals surface area (Å²) in [6.45, 7) is 0. The zero-order valence-electron chi connectivity index (χ0n) is 22.3. The Bertz CT molecular complexity index is 2100. The second-order valence-corrected chi connectivity index (χ2v) is 11.5. The molecule has 7 nitrogen and oxygen atoms in total. The Morgan fingerprint density at radius 2 is 1.90 bits per heavy atom. The lowest BCUT2D eigenvalue weighted by molar-refractivity contribution is 0.0697. The molecule has 3 aromatic carbocycles. The van der Waals surface area contributed by atoms with Gasteiger partial charge < -0.3 is 14.3 Å². The Labute approximate surface area is 248 Å². The number of ether oxygens (including phenoxy) is 1. The zero-order valence-corrected chi connectivity index (χ0v) is 23.9. The van der Waals surface area contributed by atoms with E-state index in [4.69, 9.17) is 25.7 Å². The van der Waals surface area contributed by atoms with Crippen molar-refractivity contribution >= 4 is 40.7 Å². The number of aromatic nitrogens is 1. The third kappa shape index (κ3) is 4.40. The lowest BCUT2D eigenvalue weighted by Gasteiger charge is -2.30. The van der Waals surface area contributed by atoms with Crippen molar-refractivity contribution < 1.29 is 19.1 Å². The molecule has 0 amide bonds. The van der Waals surface area contributed by atoms with E-state index in [1.165, 1.54) is 23.0 Å². The van der Waals surface area contributed by atoms with Crippen LogP contribution in [0.1, 0.15) is 45.3 Å². The van der Waals surface area contributed by atoms with E-state index in [0.717, 1.165) is 41.0 Å². The van der Waals surface area contributed by atoms with E-state index in [-0.39, 0.29) is 22.2 Å². The fraction of sp³-hybridized carbons (Fsp3) is 0.121. The number of hydrogen-bond donors (Lipinski definition) is 1. The Kier molecular flexibility index (Phi) is 6.45. The number of rotatable bonds is 5. The number of hydrogen-bond acceptors (Lipinski definition) is 6. The number of carboxylic acids is 1. The fourth-order valence-corrected chi connectivity index (χ4v) is 6.91. The lowest BCUT2D eigenvalue weighted by atomic mass is 9.83. The number of methoxy groups -OCH3 is 1. The standard InChI is InChI=1S/C33H23ClN2O5S/c1-40-21-10-6-19(7-11-21)30-25-14-8-18-4-2-3-5-23(18)29(25)35-33-36(30)31(37)28(42-33)17-22-12-15-27(41-22)20-9-13-24(32(38)39)26(34)16-20/h2-7,9-13,15-17,30H,8,14H2,1H3,(H,38,39). The molecule has 2 aliphatic rings. The van der Waals surface area contributed by atoms with Gasteiger partial charge in [0.05, 0.1) is 34.0 Å². The molecule has 1 aliphatic heterocycles. The molecule has 3 heterocycles. The highest BCUT2D eigenvalue weighted by atomic mass is 35.5. The van der Waals surface area contributed by atoms with Crippen LogP contribution in [0.15, 0.2) is 98.6 Å². The van der Waals surface area contributed by atoms with Gasteiger partial charge in [-0.25, -0.2) is 9.79 Å². The average molecular weight is 595 g/mol. The molecule has 7 rings (SSSR count). The molecule has 42 heavy (non-hydrogen) atoms. The average Bonchev–Trinajstić information content (AvgIpc) is 3.60. The molecule has 0 bridgehead atoms. The number of halogens is 1. The number of thiazole rings is 1. The maximum atomic E-state index is 14.0. The van der Waals surface area contributed by atoms with Crippen molar-refractivity contribution in [1.82, 2.24) is 4.57 Å². The number of furan rings is 1. The maximum absolute atomic E-state index is 14.0. The van der Waals surface area contributed by atoms with Crippen molar-refractivity contribution in [2.75, 3.05) is 7.11 Å². The monoisotopic (exact) mass is 594 g/mol. The van der Waals surface area contributed by atoms with Gasteiger partial charge in [0.1, 0.15) is 17.3 Å². The molecule has 1 N–H and O–H groups in total. The first kappa shape index (κ1) is 26.3. The first-order valence-electron chi connectivity index (χ1n) is 13.3. The summed E-state index contributed by atoms with van der Waals surface area (Å²) < 4.78 is 13.7. The molecule has 0 spiro atoms. The summed E-state index contributed by atoms with van der Waals surface area (Å²) >= 11 is 7.49. The van der Waals surface area contributed by atoms with Gasteiger partial charge in [0.25, 0.3) is 5.56 Å². The van der Waals surface area contributed by atoms with Crippen LogP contribution in [0.5, 0.6) is 5.75 Å². The summed E-state index contributed by atoms with van der Waals surface area (Å²) in [5, 5.41) is 9.38. The number of carbonyl (C=O) groups is 1. The molecule has 208 valence electrons. The van der Waals surface area contributed by atoms with Crippen molar-refractivity contribution in [3.63, 3.8) is 0 Å². The van der Waals surface area contributed by atoms with Crippen LogP contribution in [0.3, 0.4) is 0 Å². The highest BCUT2D eigenvalue weighted by molar-refractivity contribution is 7.07. The number of aryl methyl sites for hydroxylation is 1. The Balaban J connectivity index is 1.35. The second kappa shape index (κ2) is 10.3. The van der Waals surface area contributed by atoms with Gasteiger partial charge in [-0.15, -0.1) is 0 Å². The minimum atomic E-state index is -1.10. The first-order valence-corrected chi connectivity index (χ1v) is 14.5. The summed E-state index contributed by atoms with van der Waals surface area (Å²) in [6, 6.07) is 24.1. The largest absolute Gasteiger partial charge is 0.497 e. The molecule has 1 aliphatic carbocycles. The van der Waals surface area contributed by atoms with Gasteiger partial charge in [-0.3, -0.25) is 9.36 Å². The summed E-state index contributed by atoms with van der Waals surface area (Å²) in [4.78, 5) is 31.0. The van der Waals surface area contributed by atoms with Gasteiger partial charge >= 0.3 is 5.97 Å². The molecule has 1 atom stereocenters. The van der Waals surface area contributed by atoms with Crippen LogP contribution < -0.4 is 19.6 Å². The smallest absolute Gasteiger partial charge is 0.337 e. The molecule has 2 aromatic heterocycles. The Hall–Kier alpha value is -4.66. The van der Waals surface area contributed by atoms with E-state index in [9.17, 15) is 14.7 Å². The predicted octanol–water partition coefficient (Wildman–Crippen LogP) is 5.94. The van der Waals surface area contributed by atoms with E-state index in [0.29, 0.717) is 26.4 Å². The van der Waals surface area contributed by atoms with Gasteiger partial charge in [-0.1, -0.05) is 65.4 Å². The van der Waals surface area contributed by atoms with Crippen molar-refractivity contribution in [1.29, 1.82) is 0 Å². The molecule has 9 heteroatoms. The third-order valence-electron chi connectivity index (χ3n) is 7.69. The summed E-state index contributed by atoms with van der Waals surface area (Å²) in [7, 11) is 1.64. The van der Waals surface area contributed by atoms with Crippen LogP contribution in [-0.2, 0) is 6.42 Å². The van der Waals surface area contributed by atoms with Crippen LogP contribution in [0.2, 0.25) is 5.02 Å². The van der Waals surface area contributed by atoms with Crippen LogP contribution >= 0.6 is 22.9 Å². The topological polar surface area (TPSA) is 94.0 Å². The molecule has 0 saturated carbocycles. The molecule has 5 aromatic rings. The summed E-state index contributed by atoms with van der Waals surface area (Å²) in [5.41, 5.74) is 5.93. The predicted molar refractivity (Wildman–Crippen MR) is 162 cm³/mol. The summed E-state index contributed by atoms with van der Waals surface area (Å²) in [5.74, 6) is 0.655. The number of benzene rings is 3. The molecule has 1 unspecified atom stereocenters. The molecular weight excluding hydrogens is 572 g/mol. The molecule has 0 saturated heterocycles. The number of nitrogens with zero attached hydrogens (tertiary/aromatic N) is 2. The van der Waals surface area contributed by atoms with Gasteiger partial charge in [-0.2, -0.15) is 0 Å². The van der Waals surface area contributed by atoms with Gasteiger partial charge in [-0.05, 0) is 65.9 Å². The second-order valence-electron chi connectivity index (χ2n) is 10.1. The van der Waals surface area contributed by atoms with E-state index in [1.807, 2.05) is 36.4 Å². The minimum absolute atomic E-state index is 0.0186. The van der Waals surface area contributed by atoms with Crippen molar-refractivity contribution in [3.05, 3.63) is 137 Å². The van der Waals surface area contributed by atoms with E-state index in [2.05, 4.69) is 12.1 Å². The molecular formula is C33H23ClN2O5S. The van der Waals surface area contributed by atoms with Gasteiger partial charge in [0.2, 0.25) is 0 Å². The van der Waals surface area contributed by atoms with Gasteiger partial charge in [0.15, 0.2) is 4.80 Å². The third-order valence-corrected chi connectivity index (χ3v) is 8.98. The zero-order chi connectivity index (χ0) is 29.0. The summed E-state index contributed by atoms with van der Waals surface area (Å²) in [6.07, 6.45) is 3.41.